The second-order valence-corrected chi connectivity index (χ2v) is 5.65. The van der Waals surface area contributed by atoms with Crippen LogP contribution in [0.4, 0.5) is 0 Å². The van der Waals surface area contributed by atoms with Crippen LogP contribution in [0.2, 0.25) is 5.02 Å². The van der Waals surface area contributed by atoms with Crippen molar-refractivity contribution >= 4 is 29.3 Å². The molecule has 0 radical (unpaired) electrons. The van der Waals surface area contributed by atoms with Gasteiger partial charge in [-0.3, -0.25) is 4.79 Å². The van der Waals surface area contributed by atoms with E-state index in [9.17, 15) is 4.79 Å². The minimum Gasteiger partial charge on any atom is -0.353 e. The average Bonchev–Trinajstić information content (AvgIpc) is 3.15. The molecule has 0 saturated heterocycles. The maximum atomic E-state index is 11.5. The van der Waals surface area contributed by atoms with Crippen molar-refractivity contribution in [3.05, 3.63) is 34.3 Å². The van der Waals surface area contributed by atoms with Crippen LogP contribution >= 0.6 is 23.4 Å². The zero-order valence-electron chi connectivity index (χ0n) is 9.78. The summed E-state index contributed by atoms with van der Waals surface area (Å²) in [6.07, 6.45) is 2.22. The first kappa shape index (κ1) is 13.3. The van der Waals surface area contributed by atoms with E-state index in [4.69, 9.17) is 16.9 Å². The summed E-state index contributed by atoms with van der Waals surface area (Å²) in [5, 5.41) is 12.2. The number of nitrogens with one attached hydrogen (secondary N) is 1. The lowest BCUT2D eigenvalue weighted by molar-refractivity contribution is -0.118. The summed E-state index contributed by atoms with van der Waals surface area (Å²) >= 11 is 7.59. The van der Waals surface area contributed by atoms with Crippen molar-refractivity contribution in [3.63, 3.8) is 0 Å². The molecule has 0 aromatic heterocycles. The topological polar surface area (TPSA) is 52.9 Å². The molecule has 1 aliphatic carbocycles. The van der Waals surface area contributed by atoms with Crippen molar-refractivity contribution < 1.29 is 4.79 Å². The van der Waals surface area contributed by atoms with E-state index in [2.05, 4.69) is 5.32 Å². The average molecular weight is 281 g/mol. The fraction of sp³-hybridized carbons (Fsp3) is 0.385. The van der Waals surface area contributed by atoms with E-state index in [1.807, 2.05) is 12.1 Å². The van der Waals surface area contributed by atoms with Crippen molar-refractivity contribution in [2.75, 3.05) is 5.75 Å². The summed E-state index contributed by atoms with van der Waals surface area (Å²) in [5.41, 5.74) is 1.51. The van der Waals surface area contributed by atoms with E-state index >= 15 is 0 Å². The van der Waals surface area contributed by atoms with Crippen LogP contribution in [0.3, 0.4) is 0 Å². The number of hydrogen-bond acceptors (Lipinski definition) is 3. The Kier molecular flexibility index (Phi) is 4.51. The lowest BCUT2D eigenvalue weighted by Gasteiger charge is -2.05. The summed E-state index contributed by atoms with van der Waals surface area (Å²) in [4.78, 5) is 11.5. The predicted molar refractivity (Wildman–Crippen MR) is 73.5 cm³/mol. The molecule has 0 unspecified atom stereocenters. The van der Waals surface area contributed by atoms with E-state index in [1.165, 1.54) is 11.8 Å². The number of thioether (sulfide) groups is 1. The third kappa shape index (κ3) is 3.94. The maximum absolute atomic E-state index is 11.5. The van der Waals surface area contributed by atoms with E-state index in [0.717, 1.165) is 18.4 Å². The van der Waals surface area contributed by atoms with Crippen molar-refractivity contribution in [3.8, 4) is 6.07 Å². The largest absolute Gasteiger partial charge is 0.353 e. The Balaban J connectivity index is 1.79. The molecule has 1 aromatic carbocycles. The monoisotopic (exact) mass is 280 g/mol. The van der Waals surface area contributed by atoms with Crippen molar-refractivity contribution in [2.45, 2.75) is 24.6 Å². The summed E-state index contributed by atoms with van der Waals surface area (Å²) < 4.78 is 0. The number of carbonyl (C=O) groups excluding carboxylic acids is 1. The van der Waals surface area contributed by atoms with Gasteiger partial charge in [0.05, 0.1) is 17.4 Å². The highest BCUT2D eigenvalue weighted by Gasteiger charge is 2.22. The van der Waals surface area contributed by atoms with E-state index in [1.54, 1.807) is 12.1 Å². The van der Waals surface area contributed by atoms with Gasteiger partial charge in [-0.1, -0.05) is 17.7 Å². The molecule has 1 N–H and O–H groups in total. The number of benzene rings is 1. The Morgan fingerprint density at radius 3 is 2.94 bits per heavy atom. The zero-order valence-corrected chi connectivity index (χ0v) is 11.4. The number of halogens is 1. The van der Waals surface area contributed by atoms with E-state index in [-0.39, 0.29) is 5.91 Å². The standard InChI is InChI=1S/C13H13ClN2OS/c14-12-5-9(6-15)1-2-10(12)7-18-8-13(17)16-11-3-4-11/h1-2,5,11H,3-4,7-8H2,(H,16,17). The Morgan fingerprint density at radius 1 is 1.56 bits per heavy atom. The van der Waals surface area contributed by atoms with Gasteiger partial charge in [-0.25, -0.2) is 0 Å². The van der Waals surface area contributed by atoms with Gasteiger partial charge in [0.15, 0.2) is 0 Å². The van der Waals surface area contributed by atoms with Crippen LogP contribution in [0.5, 0.6) is 0 Å². The molecule has 2 rings (SSSR count). The second kappa shape index (κ2) is 6.12. The highest BCUT2D eigenvalue weighted by atomic mass is 35.5. The molecule has 0 spiro atoms. The van der Waals surface area contributed by atoms with Gasteiger partial charge in [-0.2, -0.15) is 5.26 Å². The van der Waals surface area contributed by atoms with Gasteiger partial charge in [0, 0.05) is 16.8 Å². The number of nitrogens with zero attached hydrogens (tertiary/aromatic N) is 1. The normalized spacial score (nSPS) is 14.0. The van der Waals surface area contributed by atoms with Gasteiger partial charge in [0.1, 0.15) is 0 Å². The summed E-state index contributed by atoms with van der Waals surface area (Å²) in [6.45, 7) is 0. The summed E-state index contributed by atoms with van der Waals surface area (Å²) in [6, 6.07) is 7.69. The first-order valence-electron chi connectivity index (χ1n) is 5.74. The van der Waals surface area contributed by atoms with Crippen molar-refractivity contribution in [1.29, 1.82) is 5.26 Å². The maximum Gasteiger partial charge on any atom is 0.230 e. The lowest BCUT2D eigenvalue weighted by atomic mass is 10.2. The van der Waals surface area contributed by atoms with Crippen LogP contribution in [-0.2, 0) is 10.5 Å². The molecule has 1 aliphatic rings. The molecule has 5 heteroatoms. The van der Waals surface area contributed by atoms with Crippen molar-refractivity contribution in [2.24, 2.45) is 0 Å². The molecule has 1 fully saturated rings. The lowest BCUT2D eigenvalue weighted by Crippen LogP contribution is -2.27. The van der Waals surface area contributed by atoms with Gasteiger partial charge in [-0.05, 0) is 30.5 Å². The zero-order chi connectivity index (χ0) is 13.0. The van der Waals surface area contributed by atoms with Crippen LogP contribution < -0.4 is 5.32 Å². The van der Waals surface area contributed by atoms with Gasteiger partial charge in [0.25, 0.3) is 0 Å². The number of nitriles is 1. The minimum atomic E-state index is 0.0901. The minimum absolute atomic E-state index is 0.0901. The van der Waals surface area contributed by atoms with Crippen LogP contribution in [0.25, 0.3) is 0 Å². The third-order valence-electron chi connectivity index (χ3n) is 2.62. The van der Waals surface area contributed by atoms with Crippen molar-refractivity contribution in [1.82, 2.24) is 5.32 Å². The van der Waals surface area contributed by atoms with Gasteiger partial charge < -0.3 is 5.32 Å². The number of carbonyl (C=O) groups is 1. The van der Waals surface area contributed by atoms with Crippen LogP contribution in [-0.4, -0.2) is 17.7 Å². The third-order valence-corrected chi connectivity index (χ3v) is 3.95. The fourth-order valence-electron chi connectivity index (χ4n) is 1.48. The Morgan fingerprint density at radius 2 is 2.33 bits per heavy atom. The van der Waals surface area contributed by atoms with E-state index < -0.39 is 0 Å². The highest BCUT2D eigenvalue weighted by Crippen LogP contribution is 2.23. The quantitative estimate of drug-likeness (QED) is 0.902. The molecule has 0 heterocycles. The SMILES string of the molecule is N#Cc1ccc(CSCC(=O)NC2CC2)c(Cl)c1. The smallest absolute Gasteiger partial charge is 0.230 e. The molecule has 18 heavy (non-hydrogen) atoms. The Hall–Kier alpha value is -1.18. The van der Waals surface area contributed by atoms with Gasteiger partial charge >= 0.3 is 0 Å². The first-order valence-corrected chi connectivity index (χ1v) is 7.28. The number of amides is 1. The number of hydrogen-bond donors (Lipinski definition) is 1. The van der Waals surface area contributed by atoms with Gasteiger partial charge in [-0.15, -0.1) is 11.8 Å². The molecule has 94 valence electrons. The van der Waals surface area contributed by atoms with Crippen LogP contribution in [0.15, 0.2) is 18.2 Å². The van der Waals surface area contributed by atoms with Gasteiger partial charge in [0.2, 0.25) is 5.91 Å². The van der Waals surface area contributed by atoms with Crippen LogP contribution in [0.1, 0.15) is 24.0 Å². The predicted octanol–water partition coefficient (Wildman–Crippen LogP) is 2.72. The molecule has 0 atom stereocenters. The molecular weight excluding hydrogens is 268 g/mol. The highest BCUT2D eigenvalue weighted by molar-refractivity contribution is 7.99. The molecule has 0 aliphatic heterocycles. The Bertz CT molecular complexity index is 494. The molecule has 3 nitrogen and oxygen atoms in total. The fourth-order valence-corrected chi connectivity index (χ4v) is 2.65. The molecule has 0 bridgehead atoms. The van der Waals surface area contributed by atoms with Crippen LogP contribution in [0, 0.1) is 11.3 Å². The first-order chi connectivity index (χ1) is 8.69. The molecule has 1 aromatic rings. The summed E-state index contributed by atoms with van der Waals surface area (Å²) in [5.74, 6) is 1.22. The molecular formula is C13H13ClN2OS. The Labute approximate surface area is 116 Å². The molecule has 1 amide bonds. The summed E-state index contributed by atoms with van der Waals surface area (Å²) in [7, 11) is 0. The molecule has 1 saturated carbocycles. The van der Waals surface area contributed by atoms with E-state index in [0.29, 0.717) is 28.1 Å². The second-order valence-electron chi connectivity index (χ2n) is 4.25. The number of rotatable bonds is 5.